The molecule has 7 heteroatoms. The summed E-state index contributed by atoms with van der Waals surface area (Å²) in [6, 6.07) is 7.18. The minimum atomic E-state index is -4.42. The summed E-state index contributed by atoms with van der Waals surface area (Å²) in [5.74, 6) is 0.483. The number of halogens is 3. The monoisotopic (exact) mass is 334 g/mol. The largest absolute Gasteiger partial charge is 0.410 e. The number of nitrogens with one attached hydrogen (secondary N) is 1. The van der Waals surface area contributed by atoms with Crippen molar-refractivity contribution in [3.8, 4) is 6.07 Å². The second-order valence-corrected chi connectivity index (χ2v) is 6.27. The van der Waals surface area contributed by atoms with Gasteiger partial charge in [-0.05, 0) is 17.0 Å². The number of aromatic nitrogens is 2. The zero-order valence-corrected chi connectivity index (χ0v) is 13.3. The van der Waals surface area contributed by atoms with Gasteiger partial charge in [-0.3, -0.25) is 0 Å². The predicted octanol–water partition coefficient (Wildman–Crippen LogP) is 4.54. The van der Waals surface area contributed by atoms with E-state index in [1.54, 1.807) is 0 Å². The number of hydrogen-bond acceptors (Lipinski definition) is 3. The number of hydrogen-bond donors (Lipinski definition) is 1. The summed E-state index contributed by atoms with van der Waals surface area (Å²) in [7, 11) is 0. The third-order valence-corrected chi connectivity index (χ3v) is 4.36. The van der Waals surface area contributed by atoms with Crippen molar-refractivity contribution >= 4 is 5.82 Å². The molecule has 126 valence electrons. The molecule has 3 rings (SSSR count). The van der Waals surface area contributed by atoms with E-state index in [4.69, 9.17) is 5.26 Å². The van der Waals surface area contributed by atoms with E-state index in [2.05, 4.69) is 24.3 Å². The lowest BCUT2D eigenvalue weighted by Crippen LogP contribution is -2.35. The molecule has 0 amide bonds. The fourth-order valence-electron chi connectivity index (χ4n) is 2.98. The van der Waals surface area contributed by atoms with Crippen LogP contribution in [-0.4, -0.2) is 16.0 Å². The molecule has 0 radical (unpaired) electrons. The van der Waals surface area contributed by atoms with Crippen LogP contribution in [0.3, 0.4) is 0 Å². The number of fused-ring (bicyclic) bond motifs is 1. The van der Waals surface area contributed by atoms with Gasteiger partial charge in [0.1, 0.15) is 17.5 Å². The summed E-state index contributed by atoms with van der Waals surface area (Å²) in [5, 5.41) is 15.9. The van der Waals surface area contributed by atoms with E-state index >= 15 is 0 Å². The van der Waals surface area contributed by atoms with Crippen LogP contribution in [0.1, 0.15) is 55.0 Å². The Morgan fingerprint density at radius 1 is 1.29 bits per heavy atom. The van der Waals surface area contributed by atoms with E-state index in [9.17, 15) is 13.2 Å². The Kier molecular flexibility index (Phi) is 3.99. The summed E-state index contributed by atoms with van der Waals surface area (Å²) in [6.45, 7) is 4.12. The fraction of sp³-hybridized carbons (Fsp3) is 0.412. The van der Waals surface area contributed by atoms with Gasteiger partial charge in [-0.15, -0.1) is 0 Å². The molecule has 2 atom stereocenters. The molecule has 1 aromatic heterocycles. The van der Waals surface area contributed by atoms with Gasteiger partial charge in [-0.1, -0.05) is 38.1 Å². The molecule has 0 saturated heterocycles. The minimum absolute atomic E-state index is 0.118. The van der Waals surface area contributed by atoms with Crippen molar-refractivity contribution in [1.29, 1.82) is 5.26 Å². The van der Waals surface area contributed by atoms with Crippen LogP contribution < -0.4 is 5.32 Å². The Morgan fingerprint density at radius 3 is 2.50 bits per heavy atom. The van der Waals surface area contributed by atoms with Crippen LogP contribution in [0.5, 0.6) is 0 Å². The molecule has 0 fully saturated rings. The van der Waals surface area contributed by atoms with E-state index in [0.717, 1.165) is 15.8 Å². The molecule has 1 aromatic carbocycles. The Balaban J connectivity index is 1.98. The van der Waals surface area contributed by atoms with Gasteiger partial charge in [0.2, 0.25) is 0 Å². The number of anilines is 1. The Morgan fingerprint density at radius 2 is 1.96 bits per heavy atom. The molecule has 24 heavy (non-hydrogen) atoms. The van der Waals surface area contributed by atoms with Crippen LogP contribution in [0.15, 0.2) is 30.5 Å². The van der Waals surface area contributed by atoms with Crippen LogP contribution in [0.2, 0.25) is 0 Å². The van der Waals surface area contributed by atoms with Crippen molar-refractivity contribution in [3.63, 3.8) is 0 Å². The molecule has 4 nitrogen and oxygen atoms in total. The van der Waals surface area contributed by atoms with Gasteiger partial charge in [-0.2, -0.15) is 23.5 Å². The minimum Gasteiger partial charge on any atom is -0.362 e. The first kappa shape index (κ1) is 16.4. The van der Waals surface area contributed by atoms with Crippen molar-refractivity contribution in [2.24, 2.45) is 0 Å². The standard InChI is InChI=1S/C17H17F3N4/c1-10(2)11-3-5-12(6-4-11)14-7-15(17(18,19)20)24-16(23-14)13(8-21)9-22-24/h3-6,9-10,14-15,23H,7H2,1-2H3/t14-,15-/m0/s1. The molecule has 0 saturated carbocycles. The summed E-state index contributed by atoms with van der Waals surface area (Å²) in [6.07, 6.45) is -3.42. The molecule has 2 aromatic rings. The van der Waals surface area contributed by atoms with Gasteiger partial charge in [0.25, 0.3) is 0 Å². The maximum absolute atomic E-state index is 13.4. The van der Waals surface area contributed by atoms with Crippen LogP contribution >= 0.6 is 0 Å². The van der Waals surface area contributed by atoms with Gasteiger partial charge in [0, 0.05) is 6.42 Å². The second kappa shape index (κ2) is 5.86. The molecule has 1 N–H and O–H groups in total. The summed E-state index contributed by atoms with van der Waals surface area (Å²) in [4.78, 5) is 0. The lowest BCUT2D eigenvalue weighted by molar-refractivity contribution is -0.173. The summed E-state index contributed by atoms with van der Waals surface area (Å²) >= 11 is 0. The van der Waals surface area contributed by atoms with Crippen molar-refractivity contribution in [1.82, 2.24) is 9.78 Å². The molecular weight excluding hydrogens is 317 g/mol. The van der Waals surface area contributed by atoms with E-state index in [-0.39, 0.29) is 17.8 Å². The lowest BCUT2D eigenvalue weighted by Gasteiger charge is -2.33. The van der Waals surface area contributed by atoms with Crippen LogP contribution in [-0.2, 0) is 0 Å². The number of alkyl halides is 3. The van der Waals surface area contributed by atoms with E-state index in [1.165, 1.54) is 6.20 Å². The van der Waals surface area contributed by atoms with Crippen molar-refractivity contribution < 1.29 is 13.2 Å². The van der Waals surface area contributed by atoms with Gasteiger partial charge in [-0.25, -0.2) is 4.68 Å². The van der Waals surface area contributed by atoms with Crippen LogP contribution in [0.4, 0.5) is 19.0 Å². The normalized spacial score (nSPS) is 20.4. The van der Waals surface area contributed by atoms with Crippen molar-refractivity contribution in [3.05, 3.63) is 47.2 Å². The fourth-order valence-corrected chi connectivity index (χ4v) is 2.98. The molecule has 2 heterocycles. The third-order valence-electron chi connectivity index (χ3n) is 4.36. The molecule has 0 unspecified atom stereocenters. The molecule has 0 spiro atoms. The first-order valence-electron chi connectivity index (χ1n) is 7.72. The first-order chi connectivity index (χ1) is 11.3. The topological polar surface area (TPSA) is 53.6 Å². The molecule has 1 aliphatic rings. The number of nitrogens with zero attached hydrogens (tertiary/aromatic N) is 3. The van der Waals surface area contributed by atoms with Crippen LogP contribution in [0.25, 0.3) is 0 Å². The van der Waals surface area contributed by atoms with Crippen molar-refractivity contribution in [2.45, 2.75) is 44.4 Å². The van der Waals surface area contributed by atoms with Crippen molar-refractivity contribution in [2.75, 3.05) is 5.32 Å². The third kappa shape index (κ3) is 2.84. The molecule has 1 aliphatic heterocycles. The summed E-state index contributed by atoms with van der Waals surface area (Å²) in [5.41, 5.74) is 2.02. The predicted molar refractivity (Wildman–Crippen MR) is 83.5 cm³/mol. The highest BCUT2D eigenvalue weighted by atomic mass is 19.4. The smallest absolute Gasteiger partial charge is 0.362 e. The van der Waals surface area contributed by atoms with E-state index in [1.807, 2.05) is 30.3 Å². The molecule has 0 aliphatic carbocycles. The van der Waals surface area contributed by atoms with Gasteiger partial charge < -0.3 is 5.32 Å². The highest BCUT2D eigenvalue weighted by Crippen LogP contribution is 2.44. The van der Waals surface area contributed by atoms with Gasteiger partial charge >= 0.3 is 6.18 Å². The van der Waals surface area contributed by atoms with E-state index < -0.39 is 18.3 Å². The maximum atomic E-state index is 13.4. The average Bonchev–Trinajstić information content (AvgIpc) is 2.96. The highest BCUT2D eigenvalue weighted by molar-refractivity contribution is 5.54. The maximum Gasteiger partial charge on any atom is 0.410 e. The summed E-state index contributed by atoms with van der Waals surface area (Å²) < 4.78 is 41.1. The molecule has 0 bridgehead atoms. The lowest BCUT2D eigenvalue weighted by atomic mass is 9.94. The zero-order chi connectivity index (χ0) is 17.5. The van der Waals surface area contributed by atoms with E-state index in [0.29, 0.717) is 5.92 Å². The Labute approximate surface area is 137 Å². The first-order valence-corrected chi connectivity index (χ1v) is 7.72. The zero-order valence-electron chi connectivity index (χ0n) is 13.3. The Hall–Kier alpha value is -2.49. The Bertz CT molecular complexity index is 769. The average molecular weight is 334 g/mol. The van der Waals surface area contributed by atoms with Gasteiger partial charge in [0.05, 0.1) is 12.2 Å². The number of benzene rings is 1. The second-order valence-electron chi connectivity index (χ2n) is 6.27. The quantitative estimate of drug-likeness (QED) is 0.877. The number of nitriles is 1. The SMILES string of the molecule is CC(C)c1ccc([C@@H]2C[C@@H](C(F)(F)F)n3ncc(C#N)c3N2)cc1. The van der Waals surface area contributed by atoms with Gasteiger partial charge in [0.15, 0.2) is 6.04 Å². The highest BCUT2D eigenvalue weighted by Gasteiger charge is 2.46. The number of rotatable bonds is 2. The molecular formula is C17H17F3N4. The van der Waals surface area contributed by atoms with Crippen LogP contribution in [0, 0.1) is 11.3 Å².